The summed E-state index contributed by atoms with van der Waals surface area (Å²) in [4.78, 5) is 14.9. The Morgan fingerprint density at radius 1 is 1.07 bits per heavy atom. The van der Waals surface area contributed by atoms with Crippen LogP contribution in [0.2, 0.25) is 0 Å². The molecule has 3 heterocycles. The summed E-state index contributed by atoms with van der Waals surface area (Å²) in [7, 11) is 0. The van der Waals surface area contributed by atoms with E-state index in [0.717, 1.165) is 28.1 Å². The Morgan fingerprint density at radius 2 is 1.81 bits per heavy atom. The molecule has 1 spiro atoms. The summed E-state index contributed by atoms with van der Waals surface area (Å²) < 4.78 is 0. The van der Waals surface area contributed by atoms with Gasteiger partial charge in [-0.25, -0.2) is 0 Å². The minimum absolute atomic E-state index is 0.180. The highest BCUT2D eigenvalue weighted by Gasteiger charge is 2.58. The van der Waals surface area contributed by atoms with Crippen molar-refractivity contribution in [1.82, 2.24) is 5.32 Å². The molecule has 138 valence electrons. The Hall–Kier alpha value is -2.79. The van der Waals surface area contributed by atoms with Crippen molar-refractivity contribution in [2.45, 2.75) is 45.1 Å². The Labute approximate surface area is 158 Å². The van der Waals surface area contributed by atoms with Gasteiger partial charge in [0, 0.05) is 16.8 Å². The number of hydrogen-bond acceptors (Lipinski definition) is 4. The van der Waals surface area contributed by atoms with E-state index in [1.165, 1.54) is 5.57 Å². The fraction of sp³-hybridized carbons (Fsp3) is 0.318. The smallest absolute Gasteiger partial charge is 0.255 e. The van der Waals surface area contributed by atoms with Crippen LogP contribution < -0.4 is 15.5 Å². The topological polar surface area (TPSA) is 64.6 Å². The minimum atomic E-state index is -1.09. The number of nitrogens with one attached hydrogen (secondary N) is 2. The zero-order chi connectivity index (χ0) is 19.1. The fourth-order valence-corrected chi connectivity index (χ4v) is 4.92. The van der Waals surface area contributed by atoms with Crippen molar-refractivity contribution in [3.8, 4) is 0 Å². The molecule has 2 aromatic carbocycles. The first-order valence-electron chi connectivity index (χ1n) is 9.27. The van der Waals surface area contributed by atoms with Crippen molar-refractivity contribution in [3.05, 3.63) is 64.7 Å². The van der Waals surface area contributed by atoms with Crippen LogP contribution in [0.3, 0.4) is 0 Å². The van der Waals surface area contributed by atoms with E-state index in [1.807, 2.05) is 30.0 Å². The number of para-hydroxylation sites is 1. The lowest BCUT2D eigenvalue weighted by Gasteiger charge is -2.46. The number of carbonyl (C=O) groups is 1. The van der Waals surface area contributed by atoms with Gasteiger partial charge in [0.2, 0.25) is 0 Å². The molecule has 0 bridgehead atoms. The zero-order valence-electron chi connectivity index (χ0n) is 15.9. The average molecular weight is 361 g/mol. The number of rotatable bonds is 0. The first kappa shape index (κ1) is 16.4. The van der Waals surface area contributed by atoms with Crippen molar-refractivity contribution in [2.24, 2.45) is 0 Å². The lowest BCUT2D eigenvalue weighted by Crippen LogP contribution is -2.65. The lowest BCUT2D eigenvalue weighted by molar-refractivity contribution is 0.0571. The van der Waals surface area contributed by atoms with Gasteiger partial charge in [0.25, 0.3) is 5.91 Å². The predicted molar refractivity (Wildman–Crippen MR) is 107 cm³/mol. The van der Waals surface area contributed by atoms with Crippen molar-refractivity contribution in [2.75, 3.05) is 10.2 Å². The molecule has 0 unspecified atom stereocenters. The van der Waals surface area contributed by atoms with Gasteiger partial charge in [-0.3, -0.25) is 4.79 Å². The van der Waals surface area contributed by atoms with Crippen LogP contribution in [-0.2, 0) is 5.66 Å². The number of hydrogen-bond donors (Lipinski definition) is 3. The Balaban J connectivity index is 1.80. The molecule has 3 N–H and O–H groups in total. The maximum Gasteiger partial charge on any atom is 0.255 e. The van der Waals surface area contributed by atoms with Gasteiger partial charge in [0.05, 0.1) is 16.8 Å². The monoisotopic (exact) mass is 361 g/mol. The first-order chi connectivity index (χ1) is 12.7. The van der Waals surface area contributed by atoms with Crippen molar-refractivity contribution < 1.29 is 9.90 Å². The molecule has 0 saturated heterocycles. The molecule has 0 aliphatic carbocycles. The number of anilines is 2. The van der Waals surface area contributed by atoms with E-state index in [9.17, 15) is 9.90 Å². The third-order valence-corrected chi connectivity index (χ3v) is 5.98. The van der Waals surface area contributed by atoms with Gasteiger partial charge in [-0.15, -0.1) is 0 Å². The summed E-state index contributed by atoms with van der Waals surface area (Å²) in [6.45, 7) is 8.33. The lowest BCUT2D eigenvalue weighted by atomic mass is 9.87. The predicted octanol–water partition coefficient (Wildman–Crippen LogP) is 3.34. The number of aliphatic hydroxyl groups excluding tert-OH is 1. The summed E-state index contributed by atoms with van der Waals surface area (Å²) in [6.07, 6.45) is 1.24. The Kier molecular flexibility index (Phi) is 2.99. The first-order valence-corrected chi connectivity index (χ1v) is 9.27. The van der Waals surface area contributed by atoms with Crippen molar-refractivity contribution in [1.29, 1.82) is 0 Å². The summed E-state index contributed by atoms with van der Waals surface area (Å²) >= 11 is 0. The quantitative estimate of drug-likeness (QED) is 0.673. The summed E-state index contributed by atoms with van der Waals surface area (Å²) in [5.74, 6) is -0.180. The second-order valence-electron chi connectivity index (χ2n) is 8.37. The standard InChI is InChI=1S/C22H23N3O2/c1-12-9-15-13(2)11-21(3,4)25-18(15)16(10-12)22(20(25)27)23-17-8-6-5-7-14(17)19(26)24-22/h5-11,20,23,27H,1-4H3,(H,24,26)/t20-,22-/m0/s1. The van der Waals surface area contributed by atoms with E-state index in [1.54, 1.807) is 6.07 Å². The third kappa shape index (κ3) is 1.95. The number of allylic oxidation sites excluding steroid dienone is 1. The van der Waals surface area contributed by atoms with E-state index < -0.39 is 11.9 Å². The van der Waals surface area contributed by atoms with E-state index in [0.29, 0.717) is 5.56 Å². The van der Waals surface area contributed by atoms with Crippen LogP contribution in [0, 0.1) is 6.92 Å². The number of fused-ring (bicyclic) bond motifs is 2. The van der Waals surface area contributed by atoms with Gasteiger partial charge in [0.1, 0.15) is 0 Å². The highest BCUT2D eigenvalue weighted by molar-refractivity contribution is 6.03. The largest absolute Gasteiger partial charge is 0.369 e. The number of benzene rings is 2. The van der Waals surface area contributed by atoms with Crippen molar-refractivity contribution in [3.63, 3.8) is 0 Å². The molecular weight excluding hydrogens is 338 g/mol. The van der Waals surface area contributed by atoms with Gasteiger partial charge in [-0.2, -0.15) is 0 Å². The summed E-state index contributed by atoms with van der Waals surface area (Å²) in [5.41, 5.74) is 5.14. The van der Waals surface area contributed by atoms with E-state index in [2.05, 4.69) is 49.6 Å². The molecule has 5 rings (SSSR count). The Bertz CT molecular complexity index is 1040. The molecule has 0 aromatic heterocycles. The van der Waals surface area contributed by atoms with Crippen LogP contribution in [0.5, 0.6) is 0 Å². The zero-order valence-corrected chi connectivity index (χ0v) is 15.9. The van der Waals surface area contributed by atoms with Gasteiger partial charge in [-0.05, 0) is 63.1 Å². The maximum atomic E-state index is 12.9. The molecule has 5 nitrogen and oxygen atoms in total. The van der Waals surface area contributed by atoms with Crippen LogP contribution in [0.4, 0.5) is 11.4 Å². The van der Waals surface area contributed by atoms with Gasteiger partial charge >= 0.3 is 0 Å². The minimum Gasteiger partial charge on any atom is -0.369 e. The second kappa shape index (κ2) is 4.93. The van der Waals surface area contributed by atoms with Gasteiger partial charge in [-0.1, -0.05) is 18.2 Å². The van der Waals surface area contributed by atoms with Gasteiger partial charge in [0.15, 0.2) is 11.9 Å². The number of carbonyl (C=O) groups excluding carboxylic acids is 1. The van der Waals surface area contributed by atoms with Crippen LogP contribution in [0.1, 0.15) is 47.8 Å². The second-order valence-corrected chi connectivity index (χ2v) is 8.37. The van der Waals surface area contributed by atoms with Crippen molar-refractivity contribution >= 4 is 22.9 Å². The molecule has 3 aliphatic heterocycles. The van der Waals surface area contributed by atoms with E-state index in [4.69, 9.17) is 0 Å². The molecule has 0 saturated carbocycles. The fourth-order valence-electron chi connectivity index (χ4n) is 4.92. The van der Waals surface area contributed by atoms with Crippen LogP contribution >= 0.6 is 0 Å². The third-order valence-electron chi connectivity index (χ3n) is 5.98. The average Bonchev–Trinajstić information content (AvgIpc) is 2.82. The maximum absolute atomic E-state index is 12.9. The molecule has 5 heteroatoms. The number of amides is 1. The molecule has 27 heavy (non-hydrogen) atoms. The Morgan fingerprint density at radius 3 is 2.59 bits per heavy atom. The number of aryl methyl sites for hydroxylation is 1. The van der Waals surface area contributed by atoms with Crippen LogP contribution in [-0.4, -0.2) is 22.8 Å². The molecule has 2 aromatic rings. The SMILES string of the molecule is CC1=CC(C)(C)N2c3c1cc(C)cc3[C@]1(NC(=O)c3ccccc3N1)[C@@H]2O. The van der Waals surface area contributed by atoms with E-state index >= 15 is 0 Å². The normalized spacial score (nSPS) is 26.9. The van der Waals surface area contributed by atoms with Gasteiger partial charge < -0.3 is 20.6 Å². The van der Waals surface area contributed by atoms with Crippen LogP contribution in [0.25, 0.3) is 5.57 Å². The number of nitrogens with zero attached hydrogens (tertiary/aromatic N) is 1. The molecular formula is C22H23N3O2. The molecule has 3 aliphatic rings. The number of aliphatic hydroxyl groups is 1. The van der Waals surface area contributed by atoms with E-state index in [-0.39, 0.29) is 11.4 Å². The molecule has 0 fully saturated rings. The highest BCUT2D eigenvalue weighted by atomic mass is 16.3. The summed E-state index contributed by atoms with van der Waals surface area (Å²) in [5, 5.41) is 18.1. The van der Waals surface area contributed by atoms with Crippen LogP contribution in [0.15, 0.2) is 42.5 Å². The molecule has 0 radical (unpaired) electrons. The highest BCUT2D eigenvalue weighted by Crippen LogP contribution is 2.54. The molecule has 2 atom stereocenters. The molecule has 1 amide bonds. The summed E-state index contributed by atoms with van der Waals surface area (Å²) in [6, 6.07) is 11.6.